The summed E-state index contributed by atoms with van der Waals surface area (Å²) in [6.45, 7) is 4.16. The molecule has 2 aromatic rings. The largest absolute Gasteiger partial charge is 0.380 e. The Hall–Kier alpha value is -2.34. The van der Waals surface area contributed by atoms with E-state index in [-0.39, 0.29) is 11.3 Å². The van der Waals surface area contributed by atoms with Crippen LogP contribution in [0.5, 0.6) is 0 Å². The Balaban J connectivity index is 1.71. The van der Waals surface area contributed by atoms with E-state index >= 15 is 0 Å². The van der Waals surface area contributed by atoms with Gasteiger partial charge in [-0.15, -0.1) is 0 Å². The molecule has 0 N–H and O–H groups in total. The third-order valence-electron chi connectivity index (χ3n) is 3.66. The van der Waals surface area contributed by atoms with Gasteiger partial charge >= 0.3 is 0 Å². The number of nitrogens with zero attached hydrogens (tertiary/aromatic N) is 4. The second kappa shape index (κ2) is 5.81. The summed E-state index contributed by atoms with van der Waals surface area (Å²) >= 11 is 0. The lowest BCUT2D eigenvalue weighted by atomic mass is 9.88. The van der Waals surface area contributed by atoms with Gasteiger partial charge in [-0.25, -0.2) is 9.97 Å². The zero-order chi connectivity index (χ0) is 15.6. The van der Waals surface area contributed by atoms with E-state index in [1.165, 1.54) is 0 Å². The molecule has 114 valence electrons. The zero-order valence-electron chi connectivity index (χ0n) is 12.7. The van der Waals surface area contributed by atoms with Crippen molar-refractivity contribution >= 4 is 5.91 Å². The third-order valence-corrected chi connectivity index (χ3v) is 3.66. The highest BCUT2D eigenvalue weighted by Gasteiger charge is 2.35. The van der Waals surface area contributed by atoms with Crippen LogP contribution in [0.2, 0.25) is 0 Å². The Bertz CT molecular complexity index is 654. The lowest BCUT2D eigenvalue weighted by Crippen LogP contribution is -2.49. The fraction of sp³-hybridized carbons (Fsp3) is 0.375. The Morgan fingerprint density at radius 1 is 1.27 bits per heavy atom. The fourth-order valence-corrected chi connectivity index (χ4v) is 2.47. The van der Waals surface area contributed by atoms with Crippen molar-refractivity contribution in [3.05, 3.63) is 42.4 Å². The SMILES string of the molecule is CN(CC1(C)COC1)C(=O)c1cnc(-c2ccccn2)nc1. The van der Waals surface area contributed by atoms with Gasteiger partial charge in [0.2, 0.25) is 0 Å². The molecule has 22 heavy (non-hydrogen) atoms. The topological polar surface area (TPSA) is 68.2 Å². The summed E-state index contributed by atoms with van der Waals surface area (Å²) in [6, 6.07) is 5.54. The minimum absolute atomic E-state index is 0.0547. The highest BCUT2D eigenvalue weighted by molar-refractivity contribution is 5.93. The number of pyridine rings is 1. The summed E-state index contributed by atoms with van der Waals surface area (Å²) in [7, 11) is 1.79. The van der Waals surface area contributed by atoms with Crippen LogP contribution >= 0.6 is 0 Å². The molecule has 1 saturated heterocycles. The summed E-state index contributed by atoms with van der Waals surface area (Å²) in [4.78, 5) is 26.8. The predicted octanol–water partition coefficient (Wildman–Crippen LogP) is 1.65. The maximum atomic E-state index is 12.4. The van der Waals surface area contributed by atoms with Crippen LogP contribution in [-0.2, 0) is 4.74 Å². The number of amides is 1. The number of carbonyl (C=O) groups is 1. The average Bonchev–Trinajstić information content (AvgIpc) is 2.53. The van der Waals surface area contributed by atoms with E-state index in [9.17, 15) is 4.79 Å². The quantitative estimate of drug-likeness (QED) is 0.858. The van der Waals surface area contributed by atoms with E-state index in [1.54, 1.807) is 30.5 Å². The molecular weight excluding hydrogens is 280 g/mol. The zero-order valence-corrected chi connectivity index (χ0v) is 12.7. The molecule has 0 bridgehead atoms. The van der Waals surface area contributed by atoms with Crippen LogP contribution in [0.25, 0.3) is 11.5 Å². The number of rotatable bonds is 4. The molecule has 3 heterocycles. The van der Waals surface area contributed by atoms with Crippen molar-refractivity contribution in [2.24, 2.45) is 5.41 Å². The van der Waals surface area contributed by atoms with Crippen LogP contribution in [0.4, 0.5) is 0 Å². The van der Waals surface area contributed by atoms with Gasteiger partial charge in [-0.05, 0) is 12.1 Å². The van der Waals surface area contributed by atoms with E-state index in [4.69, 9.17) is 4.74 Å². The van der Waals surface area contributed by atoms with E-state index in [0.717, 1.165) is 0 Å². The maximum absolute atomic E-state index is 12.4. The molecule has 2 aromatic heterocycles. The minimum Gasteiger partial charge on any atom is -0.380 e. The van der Waals surface area contributed by atoms with Crippen molar-refractivity contribution in [2.75, 3.05) is 26.8 Å². The second-order valence-electron chi connectivity index (χ2n) is 5.97. The van der Waals surface area contributed by atoms with E-state index in [2.05, 4.69) is 21.9 Å². The van der Waals surface area contributed by atoms with Gasteiger partial charge in [-0.3, -0.25) is 9.78 Å². The fourth-order valence-electron chi connectivity index (χ4n) is 2.47. The second-order valence-corrected chi connectivity index (χ2v) is 5.97. The molecule has 0 unspecified atom stereocenters. The van der Waals surface area contributed by atoms with Gasteiger partial charge in [-0.1, -0.05) is 13.0 Å². The van der Waals surface area contributed by atoms with Crippen molar-refractivity contribution in [2.45, 2.75) is 6.92 Å². The lowest BCUT2D eigenvalue weighted by Gasteiger charge is -2.40. The van der Waals surface area contributed by atoms with Crippen LogP contribution in [0, 0.1) is 5.41 Å². The van der Waals surface area contributed by atoms with Gasteiger partial charge < -0.3 is 9.64 Å². The highest BCUT2D eigenvalue weighted by Crippen LogP contribution is 2.27. The van der Waals surface area contributed by atoms with Crippen LogP contribution in [0.3, 0.4) is 0 Å². The molecule has 0 radical (unpaired) electrons. The van der Waals surface area contributed by atoms with Crippen LogP contribution < -0.4 is 0 Å². The van der Waals surface area contributed by atoms with Gasteiger partial charge in [0.05, 0.1) is 18.8 Å². The van der Waals surface area contributed by atoms with Gasteiger partial charge in [0.25, 0.3) is 5.91 Å². The highest BCUT2D eigenvalue weighted by atomic mass is 16.5. The van der Waals surface area contributed by atoms with Gasteiger partial charge in [0.15, 0.2) is 5.82 Å². The minimum atomic E-state index is -0.0827. The number of ether oxygens (including phenoxy) is 1. The number of carbonyl (C=O) groups excluding carboxylic acids is 1. The number of hydrogen-bond acceptors (Lipinski definition) is 5. The molecule has 1 aliphatic rings. The number of hydrogen-bond donors (Lipinski definition) is 0. The normalized spacial score (nSPS) is 15.9. The first kappa shape index (κ1) is 14.6. The number of aromatic nitrogens is 3. The maximum Gasteiger partial charge on any atom is 0.256 e. The van der Waals surface area contributed by atoms with Crippen molar-refractivity contribution in [3.63, 3.8) is 0 Å². The van der Waals surface area contributed by atoms with Gasteiger partial charge in [0, 0.05) is 37.6 Å². The molecule has 0 saturated carbocycles. The Kier molecular flexibility index (Phi) is 3.85. The van der Waals surface area contributed by atoms with Crippen LogP contribution in [-0.4, -0.2) is 52.6 Å². The molecule has 6 heteroatoms. The summed E-state index contributed by atoms with van der Waals surface area (Å²) in [5.41, 5.74) is 1.22. The monoisotopic (exact) mass is 298 g/mol. The van der Waals surface area contributed by atoms with E-state index < -0.39 is 0 Å². The molecule has 0 atom stereocenters. The molecule has 1 amide bonds. The van der Waals surface area contributed by atoms with Gasteiger partial charge in [-0.2, -0.15) is 0 Å². The Morgan fingerprint density at radius 3 is 2.55 bits per heavy atom. The molecule has 3 rings (SSSR count). The Labute approximate surface area is 129 Å². The lowest BCUT2D eigenvalue weighted by molar-refractivity contribution is -0.109. The van der Waals surface area contributed by atoms with Crippen molar-refractivity contribution in [3.8, 4) is 11.5 Å². The first-order chi connectivity index (χ1) is 10.6. The van der Waals surface area contributed by atoms with Gasteiger partial charge in [0.1, 0.15) is 5.69 Å². The molecule has 6 nitrogen and oxygen atoms in total. The van der Waals surface area contributed by atoms with E-state index in [0.29, 0.717) is 36.8 Å². The van der Waals surface area contributed by atoms with E-state index in [1.807, 2.05) is 18.2 Å². The van der Waals surface area contributed by atoms with Crippen LogP contribution in [0.15, 0.2) is 36.8 Å². The molecular formula is C16H18N4O2. The molecule has 0 aromatic carbocycles. The molecule has 0 spiro atoms. The van der Waals surface area contributed by atoms with Crippen LogP contribution in [0.1, 0.15) is 17.3 Å². The average molecular weight is 298 g/mol. The first-order valence-corrected chi connectivity index (χ1v) is 7.14. The Morgan fingerprint density at radius 2 is 2.00 bits per heavy atom. The van der Waals surface area contributed by atoms with Crippen molar-refractivity contribution < 1.29 is 9.53 Å². The summed E-state index contributed by atoms with van der Waals surface area (Å²) in [6.07, 6.45) is 4.79. The molecule has 0 aliphatic carbocycles. The summed E-state index contributed by atoms with van der Waals surface area (Å²) < 4.78 is 5.22. The standard InChI is InChI=1S/C16H18N4O2/c1-16(10-22-11-16)9-20(2)15(21)12-7-18-14(19-8-12)13-5-3-4-6-17-13/h3-8H,9-11H2,1-2H3. The van der Waals surface area contributed by atoms with Crippen molar-refractivity contribution in [1.82, 2.24) is 19.9 Å². The first-order valence-electron chi connectivity index (χ1n) is 7.14. The molecule has 1 aliphatic heterocycles. The third kappa shape index (κ3) is 2.96. The smallest absolute Gasteiger partial charge is 0.256 e. The summed E-state index contributed by atoms with van der Waals surface area (Å²) in [5.74, 6) is 0.430. The predicted molar refractivity (Wildman–Crippen MR) is 81.1 cm³/mol. The van der Waals surface area contributed by atoms with Crippen molar-refractivity contribution in [1.29, 1.82) is 0 Å². The molecule has 1 fully saturated rings. The summed E-state index contributed by atoms with van der Waals surface area (Å²) in [5, 5.41) is 0.